The Bertz CT molecular complexity index is 596. The lowest BCUT2D eigenvalue weighted by Crippen LogP contribution is -2.30. The summed E-state index contributed by atoms with van der Waals surface area (Å²) in [5.41, 5.74) is 9.06. The number of rotatable bonds is 2. The third kappa shape index (κ3) is 2.60. The Kier molecular flexibility index (Phi) is 3.81. The van der Waals surface area contributed by atoms with Crippen LogP contribution in [0.2, 0.25) is 0 Å². The molecule has 0 aliphatic heterocycles. The number of hydrogen-bond donors (Lipinski definition) is 1. The second-order valence-corrected chi connectivity index (χ2v) is 6.71. The Morgan fingerprint density at radius 1 is 1.05 bits per heavy atom. The van der Waals surface area contributed by atoms with Gasteiger partial charge in [-0.1, -0.05) is 31.2 Å². The van der Waals surface area contributed by atoms with Crippen molar-refractivity contribution in [3.05, 3.63) is 65.5 Å². The van der Waals surface area contributed by atoms with Gasteiger partial charge in [0.1, 0.15) is 5.82 Å². The third-order valence-corrected chi connectivity index (χ3v) is 5.31. The van der Waals surface area contributed by atoms with Crippen molar-refractivity contribution in [1.82, 2.24) is 0 Å². The summed E-state index contributed by atoms with van der Waals surface area (Å²) in [7, 11) is 0. The molecule has 0 spiro atoms. The molecule has 0 radical (unpaired) electrons. The maximum atomic E-state index is 13.0. The van der Waals surface area contributed by atoms with Crippen molar-refractivity contribution in [3.8, 4) is 0 Å². The number of thioether (sulfide) groups is 1. The van der Waals surface area contributed by atoms with Gasteiger partial charge in [-0.3, -0.25) is 0 Å². The first-order valence-electron chi connectivity index (χ1n) is 6.92. The van der Waals surface area contributed by atoms with Crippen molar-refractivity contribution in [1.29, 1.82) is 0 Å². The molecule has 2 aromatic rings. The molecule has 3 unspecified atom stereocenters. The van der Waals surface area contributed by atoms with Crippen LogP contribution in [0.5, 0.6) is 0 Å². The van der Waals surface area contributed by atoms with Crippen LogP contribution in [-0.2, 0) is 0 Å². The van der Waals surface area contributed by atoms with Gasteiger partial charge in [-0.25, -0.2) is 4.39 Å². The molecule has 3 rings (SSSR count). The van der Waals surface area contributed by atoms with Crippen molar-refractivity contribution in [2.45, 2.75) is 35.4 Å². The first-order chi connectivity index (χ1) is 9.65. The molecule has 0 heterocycles. The van der Waals surface area contributed by atoms with Crippen LogP contribution in [0.3, 0.4) is 0 Å². The van der Waals surface area contributed by atoms with E-state index in [-0.39, 0.29) is 11.9 Å². The molecule has 0 fully saturated rings. The lowest BCUT2D eigenvalue weighted by Gasteiger charge is -2.34. The highest BCUT2D eigenvalue weighted by molar-refractivity contribution is 8.00. The van der Waals surface area contributed by atoms with E-state index in [9.17, 15) is 4.39 Å². The highest BCUT2D eigenvalue weighted by Crippen LogP contribution is 2.43. The molecule has 1 aliphatic carbocycles. The van der Waals surface area contributed by atoms with Crippen LogP contribution in [0.1, 0.15) is 36.4 Å². The summed E-state index contributed by atoms with van der Waals surface area (Å²) in [5.74, 6) is 0.324. The predicted molar refractivity (Wildman–Crippen MR) is 82.4 cm³/mol. The standard InChI is InChI=1S/C17H18FNS/c1-11-10-16(20-13-8-6-12(18)7-9-13)17(19)15-5-3-2-4-14(11)15/h2-9,11,16-17H,10,19H2,1H3. The lowest BCUT2D eigenvalue weighted by atomic mass is 9.81. The first kappa shape index (κ1) is 13.7. The Morgan fingerprint density at radius 2 is 1.70 bits per heavy atom. The maximum Gasteiger partial charge on any atom is 0.123 e. The minimum Gasteiger partial charge on any atom is -0.323 e. The zero-order chi connectivity index (χ0) is 14.1. The SMILES string of the molecule is CC1CC(Sc2ccc(F)cc2)C(N)c2ccccc21. The molecule has 0 bridgehead atoms. The van der Waals surface area contributed by atoms with Crippen LogP contribution in [0.15, 0.2) is 53.4 Å². The van der Waals surface area contributed by atoms with Gasteiger partial charge in [0.25, 0.3) is 0 Å². The zero-order valence-corrected chi connectivity index (χ0v) is 12.2. The quantitative estimate of drug-likeness (QED) is 0.880. The molecule has 2 N–H and O–H groups in total. The fraction of sp³-hybridized carbons (Fsp3) is 0.294. The lowest BCUT2D eigenvalue weighted by molar-refractivity contribution is 0.527. The van der Waals surface area contributed by atoms with Gasteiger partial charge in [-0.05, 0) is 47.7 Å². The van der Waals surface area contributed by atoms with E-state index < -0.39 is 0 Å². The molecule has 0 aromatic heterocycles. The molecule has 3 heteroatoms. The van der Waals surface area contributed by atoms with Crippen molar-refractivity contribution in [3.63, 3.8) is 0 Å². The smallest absolute Gasteiger partial charge is 0.123 e. The minimum absolute atomic E-state index is 0.0393. The van der Waals surface area contributed by atoms with E-state index in [1.165, 1.54) is 23.3 Å². The highest BCUT2D eigenvalue weighted by atomic mass is 32.2. The van der Waals surface area contributed by atoms with Gasteiger partial charge in [0.05, 0.1) is 0 Å². The predicted octanol–water partition coefficient (Wildman–Crippen LogP) is 4.49. The Hall–Kier alpha value is -1.32. The molecule has 3 atom stereocenters. The molecule has 0 saturated carbocycles. The Balaban J connectivity index is 1.84. The molecule has 20 heavy (non-hydrogen) atoms. The van der Waals surface area contributed by atoms with Crippen LogP contribution in [-0.4, -0.2) is 5.25 Å². The molecular weight excluding hydrogens is 269 g/mol. The normalized spacial score (nSPS) is 25.2. The topological polar surface area (TPSA) is 26.0 Å². The van der Waals surface area contributed by atoms with Gasteiger partial charge in [-0.15, -0.1) is 11.8 Å². The number of halogens is 1. The largest absolute Gasteiger partial charge is 0.323 e. The summed E-state index contributed by atoms with van der Waals surface area (Å²) in [5, 5.41) is 0.338. The second-order valence-electron chi connectivity index (χ2n) is 5.40. The number of nitrogens with two attached hydrogens (primary N) is 1. The van der Waals surface area contributed by atoms with E-state index in [0.717, 1.165) is 11.3 Å². The van der Waals surface area contributed by atoms with Crippen LogP contribution in [0, 0.1) is 5.82 Å². The molecular formula is C17H18FNS. The first-order valence-corrected chi connectivity index (χ1v) is 7.80. The Morgan fingerprint density at radius 3 is 2.40 bits per heavy atom. The summed E-state index contributed by atoms with van der Waals surface area (Å²) in [6.07, 6.45) is 1.06. The summed E-state index contributed by atoms with van der Waals surface area (Å²) in [6, 6.07) is 15.2. The van der Waals surface area contributed by atoms with E-state index in [1.54, 1.807) is 11.8 Å². The van der Waals surface area contributed by atoms with Crippen molar-refractivity contribution >= 4 is 11.8 Å². The highest BCUT2D eigenvalue weighted by Gasteiger charge is 2.31. The van der Waals surface area contributed by atoms with Crippen LogP contribution < -0.4 is 5.73 Å². The number of benzene rings is 2. The van der Waals surface area contributed by atoms with Gasteiger partial charge in [0.2, 0.25) is 0 Å². The fourth-order valence-corrected chi connectivity index (χ4v) is 4.22. The molecule has 104 valence electrons. The summed E-state index contributed by atoms with van der Waals surface area (Å²) < 4.78 is 13.0. The Labute approximate surface area is 123 Å². The minimum atomic E-state index is -0.194. The third-order valence-electron chi connectivity index (χ3n) is 3.97. The van der Waals surface area contributed by atoms with Crippen LogP contribution in [0.4, 0.5) is 4.39 Å². The van der Waals surface area contributed by atoms with Gasteiger partial charge in [0, 0.05) is 16.2 Å². The van der Waals surface area contributed by atoms with E-state index in [1.807, 2.05) is 12.1 Å². The van der Waals surface area contributed by atoms with Crippen LogP contribution in [0.25, 0.3) is 0 Å². The van der Waals surface area contributed by atoms with Crippen molar-refractivity contribution in [2.24, 2.45) is 5.73 Å². The zero-order valence-electron chi connectivity index (χ0n) is 11.4. The number of hydrogen-bond acceptors (Lipinski definition) is 2. The van der Waals surface area contributed by atoms with Gasteiger partial charge in [-0.2, -0.15) is 0 Å². The summed E-state index contributed by atoms with van der Waals surface area (Å²) in [4.78, 5) is 1.08. The molecule has 2 aromatic carbocycles. The van der Waals surface area contributed by atoms with Crippen molar-refractivity contribution < 1.29 is 4.39 Å². The van der Waals surface area contributed by atoms with Gasteiger partial charge < -0.3 is 5.73 Å². The fourth-order valence-electron chi connectivity index (χ4n) is 2.89. The molecule has 1 aliphatic rings. The number of fused-ring (bicyclic) bond motifs is 1. The van der Waals surface area contributed by atoms with Gasteiger partial charge in [0.15, 0.2) is 0 Å². The van der Waals surface area contributed by atoms with E-state index >= 15 is 0 Å². The van der Waals surface area contributed by atoms with Crippen molar-refractivity contribution in [2.75, 3.05) is 0 Å². The van der Waals surface area contributed by atoms with E-state index in [2.05, 4.69) is 31.2 Å². The van der Waals surface area contributed by atoms with Crippen LogP contribution >= 0.6 is 11.8 Å². The van der Waals surface area contributed by atoms with E-state index in [4.69, 9.17) is 5.73 Å². The summed E-state index contributed by atoms with van der Waals surface area (Å²) in [6.45, 7) is 2.25. The maximum absolute atomic E-state index is 13.0. The van der Waals surface area contributed by atoms with E-state index in [0.29, 0.717) is 11.2 Å². The molecule has 0 saturated heterocycles. The average molecular weight is 287 g/mol. The molecule has 0 amide bonds. The molecule has 1 nitrogen and oxygen atoms in total. The summed E-state index contributed by atoms with van der Waals surface area (Å²) >= 11 is 1.76. The second kappa shape index (κ2) is 5.58. The van der Waals surface area contributed by atoms with Gasteiger partial charge >= 0.3 is 0 Å². The monoisotopic (exact) mass is 287 g/mol. The average Bonchev–Trinajstić information content (AvgIpc) is 2.47.